The molecule has 1 aromatic carbocycles. The van der Waals surface area contributed by atoms with E-state index in [4.69, 9.17) is 0 Å². The van der Waals surface area contributed by atoms with E-state index in [9.17, 15) is 0 Å². The number of nitrogens with zero attached hydrogens (tertiary/aromatic N) is 5. The number of aromatic nitrogens is 3. The summed E-state index contributed by atoms with van der Waals surface area (Å²) < 4.78 is 0. The lowest BCUT2D eigenvalue weighted by atomic mass is 10.0. The first-order chi connectivity index (χ1) is 11.8. The van der Waals surface area contributed by atoms with Crippen LogP contribution in [0.1, 0.15) is 18.5 Å². The molecule has 5 heteroatoms. The van der Waals surface area contributed by atoms with Crippen LogP contribution in [0.15, 0.2) is 55.0 Å². The van der Waals surface area contributed by atoms with Crippen molar-refractivity contribution < 1.29 is 0 Å². The van der Waals surface area contributed by atoms with Gasteiger partial charge in [-0.3, -0.25) is 9.88 Å². The fourth-order valence-corrected chi connectivity index (χ4v) is 3.32. The maximum absolute atomic E-state index is 4.48. The van der Waals surface area contributed by atoms with Crippen molar-refractivity contribution in [2.45, 2.75) is 13.0 Å². The first-order valence-electron chi connectivity index (χ1n) is 8.42. The summed E-state index contributed by atoms with van der Waals surface area (Å²) in [6.07, 6.45) is 5.47. The minimum absolute atomic E-state index is 0.384. The minimum Gasteiger partial charge on any atom is -0.338 e. The Morgan fingerprint density at radius 2 is 1.62 bits per heavy atom. The van der Waals surface area contributed by atoms with Crippen LogP contribution < -0.4 is 4.90 Å². The summed E-state index contributed by atoms with van der Waals surface area (Å²) in [5.74, 6) is 0.833. The Morgan fingerprint density at radius 3 is 2.42 bits per heavy atom. The third-order valence-electron chi connectivity index (χ3n) is 4.81. The number of hydrogen-bond acceptors (Lipinski definition) is 5. The molecule has 0 spiro atoms. The van der Waals surface area contributed by atoms with Crippen molar-refractivity contribution in [3.05, 3.63) is 60.6 Å². The maximum Gasteiger partial charge on any atom is 0.225 e. The Balaban J connectivity index is 1.46. The van der Waals surface area contributed by atoms with E-state index in [-0.39, 0.29) is 0 Å². The monoisotopic (exact) mass is 319 g/mol. The summed E-state index contributed by atoms with van der Waals surface area (Å²) in [5, 5.41) is 1.19. The predicted octanol–water partition coefficient (Wildman–Crippen LogP) is 2.91. The van der Waals surface area contributed by atoms with E-state index in [0.717, 1.165) is 37.6 Å². The highest BCUT2D eigenvalue weighted by Crippen LogP contribution is 2.25. The Bertz CT molecular complexity index is 812. The molecule has 0 amide bonds. The number of hydrogen-bond donors (Lipinski definition) is 0. The van der Waals surface area contributed by atoms with Crippen molar-refractivity contribution in [2.75, 3.05) is 31.1 Å². The Hall–Kier alpha value is -2.53. The van der Waals surface area contributed by atoms with Gasteiger partial charge in [0.15, 0.2) is 0 Å². The first-order valence-corrected chi connectivity index (χ1v) is 8.42. The van der Waals surface area contributed by atoms with Crippen LogP contribution in [-0.2, 0) is 0 Å². The molecular weight excluding hydrogens is 298 g/mol. The van der Waals surface area contributed by atoms with Crippen LogP contribution in [0, 0.1) is 0 Å². The minimum atomic E-state index is 0.384. The van der Waals surface area contributed by atoms with Gasteiger partial charge in [-0.25, -0.2) is 9.97 Å². The number of anilines is 1. The number of piperazine rings is 1. The molecule has 2 aromatic heterocycles. The highest BCUT2D eigenvalue weighted by atomic mass is 15.3. The van der Waals surface area contributed by atoms with Crippen LogP contribution in [0.2, 0.25) is 0 Å². The molecule has 0 bridgehead atoms. The Labute approximate surface area is 142 Å². The lowest BCUT2D eigenvalue weighted by molar-refractivity contribution is 0.198. The van der Waals surface area contributed by atoms with Gasteiger partial charge in [0, 0.05) is 56.2 Å². The van der Waals surface area contributed by atoms with E-state index in [0.29, 0.717) is 6.04 Å². The SMILES string of the molecule is CC(c1ccc2cccnc2c1)N1CCN(c2ncccn2)CC1. The predicted molar refractivity (Wildman–Crippen MR) is 96.0 cm³/mol. The summed E-state index contributed by atoms with van der Waals surface area (Å²) >= 11 is 0. The molecule has 1 fully saturated rings. The summed E-state index contributed by atoms with van der Waals surface area (Å²) in [6.45, 7) is 6.22. The molecule has 1 aliphatic heterocycles. The lowest BCUT2D eigenvalue weighted by Crippen LogP contribution is -2.47. The summed E-state index contributed by atoms with van der Waals surface area (Å²) in [7, 11) is 0. The Morgan fingerprint density at radius 1 is 0.875 bits per heavy atom. The average molecular weight is 319 g/mol. The second kappa shape index (κ2) is 6.53. The van der Waals surface area contributed by atoms with Crippen molar-refractivity contribution in [3.8, 4) is 0 Å². The fraction of sp³-hybridized carbons (Fsp3) is 0.316. The molecule has 122 valence electrons. The summed E-state index contributed by atoms with van der Waals surface area (Å²) in [4.78, 5) is 18.0. The number of rotatable bonds is 3. The molecule has 1 atom stereocenters. The van der Waals surface area contributed by atoms with Crippen molar-refractivity contribution in [1.29, 1.82) is 0 Å². The van der Waals surface area contributed by atoms with Crippen LogP contribution >= 0.6 is 0 Å². The molecule has 0 radical (unpaired) electrons. The van der Waals surface area contributed by atoms with E-state index < -0.39 is 0 Å². The second-order valence-electron chi connectivity index (χ2n) is 6.20. The van der Waals surface area contributed by atoms with Crippen LogP contribution in [0.25, 0.3) is 10.9 Å². The molecule has 5 nitrogen and oxygen atoms in total. The van der Waals surface area contributed by atoms with E-state index in [1.807, 2.05) is 18.3 Å². The lowest BCUT2D eigenvalue weighted by Gasteiger charge is -2.38. The third-order valence-corrected chi connectivity index (χ3v) is 4.81. The van der Waals surface area contributed by atoms with Crippen molar-refractivity contribution >= 4 is 16.9 Å². The molecule has 0 aliphatic carbocycles. The number of benzene rings is 1. The average Bonchev–Trinajstić information content (AvgIpc) is 2.68. The zero-order valence-electron chi connectivity index (χ0n) is 13.8. The molecule has 3 heterocycles. The van der Waals surface area contributed by atoms with Gasteiger partial charge in [0.1, 0.15) is 0 Å². The quantitative estimate of drug-likeness (QED) is 0.743. The molecule has 3 aromatic rings. The molecule has 0 N–H and O–H groups in total. The summed E-state index contributed by atoms with van der Waals surface area (Å²) in [6, 6.07) is 12.9. The molecule has 1 unspecified atom stereocenters. The van der Waals surface area contributed by atoms with Gasteiger partial charge in [0.25, 0.3) is 0 Å². The van der Waals surface area contributed by atoms with Crippen molar-refractivity contribution in [2.24, 2.45) is 0 Å². The van der Waals surface area contributed by atoms with Crippen LogP contribution in [0.3, 0.4) is 0 Å². The number of fused-ring (bicyclic) bond motifs is 1. The fourth-order valence-electron chi connectivity index (χ4n) is 3.32. The van der Waals surface area contributed by atoms with Crippen LogP contribution in [-0.4, -0.2) is 46.0 Å². The van der Waals surface area contributed by atoms with E-state index in [1.54, 1.807) is 12.4 Å². The summed E-state index contributed by atoms with van der Waals surface area (Å²) in [5.41, 5.74) is 2.39. The molecule has 24 heavy (non-hydrogen) atoms. The van der Waals surface area contributed by atoms with Crippen LogP contribution in [0.4, 0.5) is 5.95 Å². The van der Waals surface area contributed by atoms with E-state index in [1.165, 1.54) is 10.9 Å². The standard InChI is InChI=1S/C19H21N5/c1-15(17-6-5-16-4-2-7-20-18(16)14-17)23-10-12-24(13-11-23)19-21-8-3-9-22-19/h2-9,14-15H,10-13H2,1H3. The topological polar surface area (TPSA) is 45.2 Å². The highest BCUT2D eigenvalue weighted by molar-refractivity contribution is 5.78. The van der Waals surface area contributed by atoms with Gasteiger partial charge >= 0.3 is 0 Å². The number of pyridine rings is 1. The molecular formula is C19H21N5. The zero-order chi connectivity index (χ0) is 16.4. The van der Waals surface area contributed by atoms with Gasteiger partial charge in [0.05, 0.1) is 5.52 Å². The van der Waals surface area contributed by atoms with Gasteiger partial charge < -0.3 is 4.90 Å². The molecule has 1 saturated heterocycles. The third kappa shape index (κ3) is 2.95. The van der Waals surface area contributed by atoms with Crippen molar-refractivity contribution in [3.63, 3.8) is 0 Å². The molecule has 0 saturated carbocycles. The molecule has 1 aliphatic rings. The van der Waals surface area contributed by atoms with E-state index >= 15 is 0 Å². The first kappa shape index (κ1) is 15.0. The zero-order valence-corrected chi connectivity index (χ0v) is 13.8. The van der Waals surface area contributed by atoms with Gasteiger partial charge in [-0.1, -0.05) is 18.2 Å². The van der Waals surface area contributed by atoms with Crippen molar-refractivity contribution in [1.82, 2.24) is 19.9 Å². The second-order valence-corrected chi connectivity index (χ2v) is 6.20. The van der Waals surface area contributed by atoms with Gasteiger partial charge in [-0.15, -0.1) is 0 Å². The van der Waals surface area contributed by atoms with Gasteiger partial charge in [0.2, 0.25) is 5.95 Å². The smallest absolute Gasteiger partial charge is 0.225 e. The maximum atomic E-state index is 4.48. The van der Waals surface area contributed by atoms with Crippen LogP contribution in [0.5, 0.6) is 0 Å². The largest absolute Gasteiger partial charge is 0.338 e. The normalized spacial score (nSPS) is 17.1. The highest BCUT2D eigenvalue weighted by Gasteiger charge is 2.23. The van der Waals surface area contributed by atoms with E-state index in [2.05, 4.69) is 55.9 Å². The molecule has 4 rings (SSSR count). The van der Waals surface area contributed by atoms with Gasteiger partial charge in [-0.2, -0.15) is 0 Å². The van der Waals surface area contributed by atoms with Gasteiger partial charge in [-0.05, 0) is 30.7 Å². The Kier molecular flexibility index (Phi) is 4.09.